The van der Waals surface area contributed by atoms with Crippen LogP contribution in [0.15, 0.2) is 23.1 Å². The number of aromatic nitrogens is 2. The highest BCUT2D eigenvalue weighted by atomic mass is 32.2. The van der Waals surface area contributed by atoms with Gasteiger partial charge in [-0.15, -0.1) is 0 Å². The lowest BCUT2D eigenvalue weighted by Gasteiger charge is -2.19. The average Bonchev–Trinajstić information content (AvgIpc) is 3.19. The molecule has 0 saturated heterocycles. The van der Waals surface area contributed by atoms with Gasteiger partial charge < -0.3 is 4.57 Å². The quantitative estimate of drug-likeness (QED) is 0.786. The predicted molar refractivity (Wildman–Crippen MR) is 102 cm³/mol. The van der Waals surface area contributed by atoms with Crippen molar-refractivity contribution in [2.45, 2.75) is 77.0 Å². The molecule has 2 aromatic rings. The first-order valence-electron chi connectivity index (χ1n) is 8.96. The molecule has 1 aromatic carbocycles. The molecule has 0 N–H and O–H groups in total. The predicted octanol–water partition coefficient (Wildman–Crippen LogP) is 4.94. The number of benzene rings is 1. The van der Waals surface area contributed by atoms with E-state index in [2.05, 4.69) is 31.4 Å². The molecular weight excluding hydrogens is 316 g/mol. The van der Waals surface area contributed by atoms with E-state index in [0.717, 1.165) is 29.3 Å². The second kappa shape index (κ2) is 5.98. The Bertz CT molecular complexity index is 773. The molecule has 1 saturated carbocycles. The van der Waals surface area contributed by atoms with E-state index in [9.17, 15) is 4.21 Å². The van der Waals surface area contributed by atoms with Crippen LogP contribution in [0.3, 0.4) is 0 Å². The first kappa shape index (κ1) is 17.7. The Labute approximate surface area is 148 Å². The van der Waals surface area contributed by atoms with E-state index in [1.807, 2.05) is 32.9 Å². The van der Waals surface area contributed by atoms with Gasteiger partial charge >= 0.3 is 0 Å². The average molecular weight is 347 g/mol. The van der Waals surface area contributed by atoms with Crippen molar-refractivity contribution in [3.63, 3.8) is 0 Å². The molecule has 1 fully saturated rings. The van der Waals surface area contributed by atoms with Crippen LogP contribution in [-0.4, -0.2) is 18.5 Å². The summed E-state index contributed by atoms with van der Waals surface area (Å²) in [7, 11) is -1.02. The van der Waals surface area contributed by atoms with Crippen molar-refractivity contribution >= 4 is 21.8 Å². The molecule has 0 radical (unpaired) electrons. The number of fused-ring (bicyclic) bond motifs is 1. The minimum Gasteiger partial charge on any atom is -0.328 e. The molecule has 0 amide bonds. The molecule has 3 nitrogen and oxygen atoms in total. The summed E-state index contributed by atoms with van der Waals surface area (Å²) in [4.78, 5) is 5.82. The van der Waals surface area contributed by atoms with E-state index in [4.69, 9.17) is 4.98 Å². The summed E-state index contributed by atoms with van der Waals surface area (Å²) in [6.07, 6.45) is 3.63. The van der Waals surface area contributed by atoms with Gasteiger partial charge in [0, 0.05) is 22.6 Å². The van der Waals surface area contributed by atoms with Crippen molar-refractivity contribution in [1.82, 2.24) is 9.55 Å². The Hall–Kier alpha value is -1.16. The summed E-state index contributed by atoms with van der Waals surface area (Å²) in [6.45, 7) is 13.9. The van der Waals surface area contributed by atoms with Crippen LogP contribution in [0.1, 0.15) is 60.2 Å². The molecule has 24 heavy (non-hydrogen) atoms. The molecule has 0 bridgehead atoms. The van der Waals surface area contributed by atoms with Crippen molar-refractivity contribution in [3.05, 3.63) is 24.0 Å². The third kappa shape index (κ3) is 3.90. The largest absolute Gasteiger partial charge is 0.328 e. The Kier molecular flexibility index (Phi) is 4.40. The van der Waals surface area contributed by atoms with E-state index in [1.54, 1.807) is 0 Å². The molecular formula is C20H30N2OS. The van der Waals surface area contributed by atoms with E-state index in [-0.39, 0.29) is 10.2 Å². The second-order valence-electron chi connectivity index (χ2n) is 9.35. The van der Waals surface area contributed by atoms with Crippen LogP contribution in [0.25, 0.3) is 11.0 Å². The van der Waals surface area contributed by atoms with Crippen LogP contribution in [0.2, 0.25) is 0 Å². The van der Waals surface area contributed by atoms with Crippen LogP contribution in [-0.2, 0) is 23.8 Å². The lowest BCUT2D eigenvalue weighted by molar-refractivity contribution is 0.391. The fourth-order valence-corrected chi connectivity index (χ4v) is 4.12. The molecule has 1 atom stereocenters. The number of nitrogens with zero attached hydrogens (tertiary/aromatic N) is 2. The fourth-order valence-electron chi connectivity index (χ4n) is 3.00. The summed E-state index contributed by atoms with van der Waals surface area (Å²) >= 11 is 0. The monoisotopic (exact) mass is 346 g/mol. The van der Waals surface area contributed by atoms with Gasteiger partial charge in [0.05, 0.1) is 21.8 Å². The number of hydrogen-bond acceptors (Lipinski definition) is 2. The molecule has 132 valence electrons. The summed E-state index contributed by atoms with van der Waals surface area (Å²) in [5, 5.41) is 0. The highest BCUT2D eigenvalue weighted by Gasteiger charge is 2.27. The molecule has 4 heteroatoms. The van der Waals surface area contributed by atoms with Crippen LogP contribution < -0.4 is 0 Å². The van der Waals surface area contributed by atoms with Gasteiger partial charge in [-0.1, -0.05) is 20.8 Å². The van der Waals surface area contributed by atoms with Gasteiger partial charge in [-0.2, -0.15) is 0 Å². The zero-order valence-electron chi connectivity index (χ0n) is 15.8. The van der Waals surface area contributed by atoms with Gasteiger partial charge in [0.1, 0.15) is 5.82 Å². The highest BCUT2D eigenvalue weighted by Crippen LogP contribution is 2.34. The van der Waals surface area contributed by atoms with Crippen molar-refractivity contribution < 1.29 is 4.21 Å². The first-order chi connectivity index (χ1) is 11.0. The maximum Gasteiger partial charge on any atom is 0.110 e. The Balaban J connectivity index is 2.05. The summed E-state index contributed by atoms with van der Waals surface area (Å²) in [5.41, 5.74) is 2.39. The fraction of sp³-hybridized carbons (Fsp3) is 0.650. The smallest absolute Gasteiger partial charge is 0.110 e. The molecule has 1 aromatic heterocycles. The van der Waals surface area contributed by atoms with Crippen molar-refractivity contribution in [1.29, 1.82) is 0 Å². The maximum atomic E-state index is 12.7. The normalized spacial score (nSPS) is 17.4. The van der Waals surface area contributed by atoms with Crippen LogP contribution in [0, 0.1) is 11.3 Å². The summed E-state index contributed by atoms with van der Waals surface area (Å²) < 4.78 is 14.8. The van der Waals surface area contributed by atoms with Crippen molar-refractivity contribution in [3.8, 4) is 0 Å². The third-order valence-electron chi connectivity index (χ3n) is 4.40. The topological polar surface area (TPSA) is 34.9 Å². The molecule has 3 rings (SSSR count). The lowest BCUT2D eigenvalue weighted by Crippen LogP contribution is -2.21. The van der Waals surface area contributed by atoms with Gasteiger partial charge in [0.25, 0.3) is 0 Å². The van der Waals surface area contributed by atoms with Crippen LogP contribution >= 0.6 is 0 Å². The summed E-state index contributed by atoms with van der Waals surface area (Å²) in [6, 6.07) is 6.18. The molecule has 0 spiro atoms. The number of imidazole rings is 1. The zero-order valence-corrected chi connectivity index (χ0v) is 16.7. The van der Waals surface area contributed by atoms with Crippen molar-refractivity contribution in [2.75, 3.05) is 0 Å². The van der Waals surface area contributed by atoms with Gasteiger partial charge in [-0.3, -0.25) is 4.21 Å². The molecule has 1 unspecified atom stereocenters. The van der Waals surface area contributed by atoms with E-state index in [0.29, 0.717) is 0 Å². The maximum absolute atomic E-state index is 12.7. The van der Waals surface area contributed by atoms with E-state index >= 15 is 0 Å². The Morgan fingerprint density at radius 2 is 1.83 bits per heavy atom. The Morgan fingerprint density at radius 3 is 2.38 bits per heavy atom. The highest BCUT2D eigenvalue weighted by molar-refractivity contribution is 7.86. The van der Waals surface area contributed by atoms with E-state index < -0.39 is 10.8 Å². The van der Waals surface area contributed by atoms with Gasteiger partial charge in [0.2, 0.25) is 0 Å². The Morgan fingerprint density at radius 1 is 1.17 bits per heavy atom. The molecule has 1 heterocycles. The zero-order chi connectivity index (χ0) is 17.7. The van der Waals surface area contributed by atoms with Crippen LogP contribution in [0.5, 0.6) is 0 Å². The number of hydrogen-bond donors (Lipinski definition) is 0. The second-order valence-corrected chi connectivity index (χ2v) is 11.6. The van der Waals surface area contributed by atoms with Gasteiger partial charge in [-0.05, 0) is 63.1 Å². The van der Waals surface area contributed by atoms with E-state index in [1.165, 1.54) is 24.2 Å². The standard InChI is InChI=1S/C20H30N2OS/c1-19(2,3)12-18-21-16-11-15(24(23)20(4,5)6)9-10-17(16)22(18)13-14-7-8-14/h9-11,14H,7-8,12-13H2,1-6H3. The minimum absolute atomic E-state index is 0.208. The van der Waals surface area contributed by atoms with Gasteiger partial charge in [-0.25, -0.2) is 4.98 Å². The molecule has 1 aliphatic carbocycles. The van der Waals surface area contributed by atoms with Gasteiger partial charge in [0.15, 0.2) is 0 Å². The number of rotatable bonds is 4. The minimum atomic E-state index is -1.02. The lowest BCUT2D eigenvalue weighted by atomic mass is 9.92. The third-order valence-corrected chi connectivity index (χ3v) is 6.19. The molecule has 1 aliphatic rings. The first-order valence-corrected chi connectivity index (χ1v) is 10.1. The SMILES string of the molecule is CC(C)(C)Cc1nc2cc(S(=O)C(C)(C)C)ccc2n1CC1CC1. The van der Waals surface area contributed by atoms with Crippen LogP contribution in [0.4, 0.5) is 0 Å². The van der Waals surface area contributed by atoms with Crippen molar-refractivity contribution in [2.24, 2.45) is 11.3 Å². The summed E-state index contributed by atoms with van der Waals surface area (Å²) in [5.74, 6) is 1.98. The molecule has 0 aliphatic heterocycles.